The molecule has 0 amide bonds. The van der Waals surface area contributed by atoms with E-state index in [4.69, 9.17) is 71.1 Å². The van der Waals surface area contributed by atoms with Crippen LogP contribution >= 0.6 is 0 Å². The van der Waals surface area contributed by atoms with E-state index < -0.39 is 403 Å². The summed E-state index contributed by atoms with van der Waals surface area (Å²) in [5.74, 6) is -11.5. The van der Waals surface area contributed by atoms with Gasteiger partial charge in [-0.1, -0.05) is 0 Å². The van der Waals surface area contributed by atoms with E-state index in [1.165, 1.54) is 4.72 Å². The average molecular weight is 2230 g/mol. The second-order valence-corrected chi connectivity index (χ2v) is 40.4. The molecule has 8 aliphatic heterocycles. The molecule has 77 nitrogen and oxygen atoms in total. The quantitative estimate of drug-likeness (QED) is 0.0252. The Balaban J connectivity index is 1.15. The van der Waals surface area contributed by atoms with E-state index in [1.54, 1.807) is 0 Å². The molecule has 88 heteroatoms. The largest absolute Gasteiger partial charge is 0.479 e. The van der Waals surface area contributed by atoms with Crippen LogP contribution in [0.5, 0.6) is 0 Å². The molecule has 0 aromatic carbocycles. The SMILES string of the molecule is O=C(O)C1=CC(O)C(OS(=O)(=O)O)C(OC2C(COS(=O)(=O)O)OC(OC3C(C(=O)O)OC(OC4C(COS(=O)(=O)O)OC(OC5C(C(=O)O)OC(OC6C(COS(=O)(=O)O)OC(OC7C(C(=O)O)OC(OC8C(CO)OC(O)C(NS(=O)(=O)O)C8O)C(OS(=O)(=O)O)C7O)C(NS(=O)(=O)O)C6O)C(OS(=O)(=O)O)C5O)C(NS(=O)(=O)O)C4O)C(OS(=O)(=O)O)C3O)C(NS(=O)(=O)O)C2O)O1. The third-order valence-electron chi connectivity index (χ3n) is 18.8. The van der Waals surface area contributed by atoms with Crippen LogP contribution in [0.15, 0.2) is 11.8 Å². The maximum atomic E-state index is 13.4. The molecule has 0 saturated carbocycles. The lowest BCUT2D eigenvalue weighted by Gasteiger charge is -2.50. The number of aliphatic hydroxyl groups excluding tert-OH is 10. The van der Waals surface area contributed by atoms with Gasteiger partial charge in [0.25, 0.3) is 0 Å². The van der Waals surface area contributed by atoms with E-state index in [9.17, 15) is 233 Å². The van der Waals surface area contributed by atoms with Gasteiger partial charge in [0.1, 0.15) is 140 Å². The fourth-order valence-corrected chi connectivity index (χ4v) is 18.9. The third-order valence-corrected chi connectivity index (χ3v) is 24.3. The highest BCUT2D eigenvalue weighted by molar-refractivity contribution is 7.85. The molecule has 0 aromatic rings. The maximum Gasteiger partial charge on any atom is 0.397 e. The van der Waals surface area contributed by atoms with Gasteiger partial charge in [-0.3, -0.25) is 50.1 Å². The molecule has 0 bridgehead atoms. The molecule has 7 fully saturated rings. The molecule has 8 rings (SSSR count). The molecule has 0 radical (unpaired) electrons. The van der Waals surface area contributed by atoms with Gasteiger partial charge in [0.05, 0.1) is 26.4 Å². The number of carboxylic acid groups (broad SMARTS) is 4. The minimum atomic E-state index is -6.49. The van der Waals surface area contributed by atoms with Gasteiger partial charge >= 0.3 is 138 Å². The van der Waals surface area contributed by atoms with E-state index in [2.05, 4.69) is 29.3 Å². The van der Waals surface area contributed by atoms with Crippen molar-refractivity contribution in [3.8, 4) is 0 Å². The van der Waals surface area contributed by atoms with Crippen molar-refractivity contribution in [2.24, 2.45) is 0 Å². The van der Waals surface area contributed by atoms with Crippen molar-refractivity contribution < 1.29 is 334 Å². The van der Waals surface area contributed by atoms with Gasteiger partial charge in [0, 0.05) is 0 Å². The number of nitrogens with one attached hydrogen (secondary N) is 4. The number of ether oxygens (including phenoxy) is 15. The minimum absolute atomic E-state index is 0.165. The van der Waals surface area contributed by atoms with E-state index in [0.29, 0.717) is 0 Å². The van der Waals surface area contributed by atoms with E-state index in [-0.39, 0.29) is 6.08 Å². The predicted octanol–water partition coefficient (Wildman–Crippen LogP) is -20.5. The molecule has 8 heterocycles. The van der Waals surface area contributed by atoms with Crippen molar-refractivity contribution in [2.45, 2.75) is 233 Å². The van der Waals surface area contributed by atoms with E-state index in [0.717, 1.165) is 14.2 Å². The monoisotopic (exact) mass is 2230 g/mol. The fourth-order valence-electron chi connectivity index (χ4n) is 13.7. The van der Waals surface area contributed by atoms with Gasteiger partial charge in [0.2, 0.25) is 12.0 Å². The van der Waals surface area contributed by atoms with Crippen LogP contribution in [0.2, 0.25) is 0 Å². The van der Waals surface area contributed by atoms with Crippen LogP contribution < -0.4 is 18.9 Å². The van der Waals surface area contributed by atoms with E-state index >= 15 is 0 Å². The highest BCUT2D eigenvalue weighted by Crippen LogP contribution is 2.42. The Bertz CT molecular complexity index is 5620. The number of rotatable bonds is 44. The third kappa shape index (κ3) is 32.5. The lowest BCUT2D eigenvalue weighted by Crippen LogP contribution is -2.71. The van der Waals surface area contributed by atoms with Crippen LogP contribution in [-0.2, 0) is 234 Å². The van der Waals surface area contributed by atoms with Crippen molar-refractivity contribution in [1.29, 1.82) is 0 Å². The highest BCUT2D eigenvalue weighted by Gasteiger charge is 2.64. The van der Waals surface area contributed by atoms with Crippen molar-refractivity contribution in [3.63, 3.8) is 0 Å². The van der Waals surface area contributed by atoms with Crippen molar-refractivity contribution in [1.82, 2.24) is 18.9 Å². The smallest absolute Gasteiger partial charge is 0.397 e. The van der Waals surface area contributed by atoms with Crippen molar-refractivity contribution in [2.75, 3.05) is 26.4 Å². The Morgan fingerprint density at radius 2 is 0.529 bits per heavy atom. The molecule has 7 saturated heterocycles. The second kappa shape index (κ2) is 44.3. The number of carboxylic acids is 4. The Morgan fingerprint density at radius 1 is 0.287 bits per heavy atom. The molecule has 38 atom stereocenters. The van der Waals surface area contributed by atoms with Gasteiger partial charge in [-0.05, 0) is 6.08 Å². The molecule has 8 aliphatic rings. The number of carbonyl (C=O) groups is 4. The Morgan fingerprint density at radius 3 is 0.772 bits per heavy atom. The second-order valence-electron chi connectivity index (χ2n) is 28.2. The summed E-state index contributed by atoms with van der Waals surface area (Å²) in [4.78, 5) is 51.7. The van der Waals surface area contributed by atoms with Gasteiger partial charge < -0.3 is 143 Å². The molecule has 38 unspecified atom stereocenters. The minimum Gasteiger partial charge on any atom is -0.479 e. The molecular weight excluding hydrogens is 2150 g/mol. The molecule has 136 heavy (non-hydrogen) atoms. The standard InChI is InChI=1S/C48H76N4O73S11/c53-2-8-24(16(55)12(41(70)107-8)49-126(71,72)73)112-46-31(123-134(95,96)97)20(59)28(34(119-46)38(64)65)116-43-14(51-128(77,78)79)18(57)26(10(110-43)4-105-131(86,87)88)114-48-33(125-136(101,102)103)22(61)30(36(121-48)40(68)69)118-44-15(52-129(80,81)82)19(58)27(11(111-44)5-106-132(89,90)91)115-47-32(124-135(98,99)100)21(60)29(35(120-47)39(66)67)117-42-13(50-127(74,75)76)17(56)25(9(109-42)3-104-130(83,84)85)113-45-23(122-133(92,93)94)6(54)1-7(108-45)37(62)63/h1,6,8-36,41-61,70H,2-5H2,(H,62,63)(H,64,65)(H,66,67)(H,68,69)(H,71,72,73)(H,74,75,76)(H,77,78,79)(H,80,81,82)(H,83,84,85)(H,86,87,88)(H,89,90,91)(H,92,93,94)(H,95,96,97)(H,98,99,100)(H,101,102,103). The summed E-state index contributed by atoms with van der Waals surface area (Å²) in [6.07, 6.45) is -107. The summed E-state index contributed by atoms with van der Waals surface area (Å²) in [6, 6.07) is -12.1. The lowest BCUT2D eigenvalue weighted by atomic mass is 9.94. The zero-order valence-electron chi connectivity index (χ0n) is 65.1. The van der Waals surface area contributed by atoms with Gasteiger partial charge in [-0.2, -0.15) is 111 Å². The first kappa shape index (κ1) is 116. The van der Waals surface area contributed by atoms with Crippen LogP contribution in [0.25, 0.3) is 0 Å². The zero-order chi connectivity index (χ0) is 103. The number of hydrogen-bond donors (Lipinski definition) is 29. The predicted molar refractivity (Wildman–Crippen MR) is 388 cm³/mol. The number of aliphatic hydroxyl groups is 10. The van der Waals surface area contributed by atoms with Crippen LogP contribution in [0.4, 0.5) is 0 Å². The fraction of sp³-hybridized carbons (Fsp3) is 0.875. The van der Waals surface area contributed by atoms with Crippen LogP contribution in [0, 0.1) is 0 Å². The molecule has 792 valence electrons. The molecule has 0 aliphatic carbocycles. The summed E-state index contributed by atoms with van der Waals surface area (Å²) in [5, 5.41) is 156. The Kier molecular flexibility index (Phi) is 37.9. The summed E-state index contributed by atoms with van der Waals surface area (Å²) >= 11 is 0. The maximum absolute atomic E-state index is 13.4. The van der Waals surface area contributed by atoms with Crippen LogP contribution in [-0.4, -0.2) is 498 Å². The summed E-state index contributed by atoms with van der Waals surface area (Å²) < 4.78 is 494. The summed E-state index contributed by atoms with van der Waals surface area (Å²) in [7, 11) is -67.0. The van der Waals surface area contributed by atoms with Gasteiger partial charge in [-0.25, -0.2) is 48.5 Å². The number of hydrogen-bond acceptors (Lipinski definition) is 58. The van der Waals surface area contributed by atoms with Crippen molar-refractivity contribution >= 4 is 138 Å². The zero-order valence-corrected chi connectivity index (χ0v) is 74.1. The van der Waals surface area contributed by atoms with Crippen LogP contribution in [0.3, 0.4) is 0 Å². The lowest BCUT2D eigenvalue weighted by molar-refractivity contribution is -0.378. The molecular formula is C48H76N4O73S11. The Labute approximate surface area is 758 Å². The normalized spacial score (nSPS) is 39.2. The molecule has 29 N–H and O–H groups in total. The summed E-state index contributed by atoms with van der Waals surface area (Å²) in [6.45, 7) is -7.60. The van der Waals surface area contributed by atoms with E-state index in [1.807, 2.05) is 0 Å². The highest BCUT2D eigenvalue weighted by atomic mass is 32.3. The Hall–Kier alpha value is -4.97. The average Bonchev–Trinajstić information content (AvgIpc) is 0.766. The van der Waals surface area contributed by atoms with Crippen molar-refractivity contribution in [3.05, 3.63) is 11.8 Å². The topological polar surface area (TPSA) is 1200 Å². The first-order valence-electron chi connectivity index (χ1n) is 35.4. The van der Waals surface area contributed by atoms with Crippen LogP contribution in [0.1, 0.15) is 0 Å². The first-order valence-corrected chi connectivity index (χ1v) is 50.7. The molecule has 0 aromatic heterocycles. The number of aliphatic carboxylic acids is 4. The first-order chi connectivity index (χ1) is 61.7. The molecule has 0 spiro atoms. The summed E-state index contributed by atoms with van der Waals surface area (Å²) in [5.41, 5.74) is 0. The van der Waals surface area contributed by atoms with Gasteiger partial charge in [-0.15, -0.1) is 0 Å². The van der Waals surface area contributed by atoms with Gasteiger partial charge in [0.15, 0.2) is 86.8 Å².